The van der Waals surface area contributed by atoms with E-state index in [2.05, 4.69) is 15.2 Å². The summed E-state index contributed by atoms with van der Waals surface area (Å²) in [6.07, 6.45) is 2.81. The van der Waals surface area contributed by atoms with Gasteiger partial charge in [0.05, 0.1) is 19.4 Å². The first-order chi connectivity index (χ1) is 7.84. The number of nitrogens with two attached hydrogens (primary N) is 1. The molecule has 1 fully saturated rings. The molecule has 5 nitrogen and oxygen atoms in total. The molecule has 1 aromatic rings. The lowest BCUT2D eigenvalue weighted by atomic mass is 10.3. The zero-order valence-electron chi connectivity index (χ0n) is 9.32. The van der Waals surface area contributed by atoms with Gasteiger partial charge in [-0.05, 0) is 13.0 Å². The second kappa shape index (κ2) is 6.03. The Morgan fingerprint density at radius 1 is 1.50 bits per heavy atom. The first-order valence-electron chi connectivity index (χ1n) is 5.60. The van der Waals surface area contributed by atoms with Crippen LogP contribution in [0.15, 0.2) is 6.20 Å². The predicted molar refractivity (Wildman–Crippen MR) is 66.9 cm³/mol. The monoisotopic (exact) mass is 242 g/mol. The zero-order valence-corrected chi connectivity index (χ0v) is 10.1. The molecule has 16 heavy (non-hydrogen) atoms. The Balaban J connectivity index is 1.57. The van der Waals surface area contributed by atoms with E-state index in [0.29, 0.717) is 0 Å². The molecule has 3 N–H and O–H groups in total. The van der Waals surface area contributed by atoms with E-state index in [-0.39, 0.29) is 0 Å². The summed E-state index contributed by atoms with van der Waals surface area (Å²) in [5.41, 5.74) is 5.59. The lowest BCUT2D eigenvalue weighted by Crippen LogP contribution is -2.37. The summed E-state index contributed by atoms with van der Waals surface area (Å²) in [4.78, 5) is 6.58. The number of thiazole rings is 1. The first kappa shape index (κ1) is 11.6. The molecule has 0 spiro atoms. The van der Waals surface area contributed by atoms with Crippen LogP contribution in [0.4, 0.5) is 10.1 Å². The van der Waals surface area contributed by atoms with Crippen molar-refractivity contribution in [2.24, 2.45) is 0 Å². The largest absolute Gasteiger partial charge is 0.389 e. The summed E-state index contributed by atoms with van der Waals surface area (Å²) in [6.45, 7) is 5.93. The van der Waals surface area contributed by atoms with Crippen LogP contribution in [-0.2, 0) is 4.74 Å². The fourth-order valence-corrected chi connectivity index (χ4v) is 2.30. The maximum Gasteiger partial charge on any atom is 0.184 e. The maximum atomic E-state index is 5.59. The highest BCUT2D eigenvalue weighted by atomic mass is 32.1. The minimum absolute atomic E-state index is 0.760. The molecule has 0 aliphatic carbocycles. The Bertz CT molecular complexity index is 312. The fraction of sp³-hybridized carbons (Fsp3) is 0.700. The quantitative estimate of drug-likeness (QED) is 0.750. The van der Waals surface area contributed by atoms with Crippen molar-refractivity contribution in [3.8, 4) is 0 Å². The van der Waals surface area contributed by atoms with Gasteiger partial charge in [0.25, 0.3) is 0 Å². The Morgan fingerprint density at radius 3 is 3.00 bits per heavy atom. The van der Waals surface area contributed by atoms with Crippen molar-refractivity contribution in [3.63, 3.8) is 0 Å². The van der Waals surface area contributed by atoms with Crippen molar-refractivity contribution in [2.75, 3.05) is 50.4 Å². The first-order valence-corrected chi connectivity index (χ1v) is 6.41. The number of rotatable bonds is 5. The van der Waals surface area contributed by atoms with Gasteiger partial charge in [-0.1, -0.05) is 11.3 Å². The maximum absolute atomic E-state index is 5.59. The normalized spacial score (nSPS) is 17.5. The molecule has 0 saturated carbocycles. The van der Waals surface area contributed by atoms with Crippen LogP contribution in [-0.4, -0.2) is 49.3 Å². The second-order valence-corrected chi connectivity index (χ2v) is 4.86. The molecular formula is C10H18N4OS. The van der Waals surface area contributed by atoms with Gasteiger partial charge in [0.1, 0.15) is 5.00 Å². The molecule has 2 heterocycles. The molecule has 0 unspecified atom stereocenters. The van der Waals surface area contributed by atoms with E-state index < -0.39 is 0 Å². The zero-order chi connectivity index (χ0) is 11.2. The number of nitrogens with one attached hydrogen (secondary N) is 1. The van der Waals surface area contributed by atoms with Crippen LogP contribution in [0.3, 0.4) is 0 Å². The van der Waals surface area contributed by atoms with E-state index in [4.69, 9.17) is 10.5 Å². The molecule has 0 bridgehead atoms. The topological polar surface area (TPSA) is 63.4 Å². The van der Waals surface area contributed by atoms with Gasteiger partial charge in [0.2, 0.25) is 0 Å². The minimum atomic E-state index is 0.760. The molecule has 0 radical (unpaired) electrons. The summed E-state index contributed by atoms with van der Waals surface area (Å²) in [5, 5.41) is 4.95. The summed E-state index contributed by atoms with van der Waals surface area (Å²) in [7, 11) is 0. The highest BCUT2D eigenvalue weighted by molar-refractivity contribution is 7.19. The number of anilines is 2. The fourth-order valence-electron chi connectivity index (χ4n) is 1.69. The Kier molecular flexibility index (Phi) is 4.38. The molecule has 90 valence electrons. The summed E-state index contributed by atoms with van der Waals surface area (Å²) < 4.78 is 5.30. The third kappa shape index (κ3) is 3.62. The van der Waals surface area contributed by atoms with E-state index in [1.54, 1.807) is 6.20 Å². The van der Waals surface area contributed by atoms with Gasteiger partial charge in [-0.25, -0.2) is 4.98 Å². The van der Waals surface area contributed by atoms with Gasteiger partial charge < -0.3 is 15.8 Å². The lowest BCUT2D eigenvalue weighted by molar-refractivity contribution is 0.0378. The van der Waals surface area contributed by atoms with Crippen LogP contribution in [0, 0.1) is 0 Å². The second-order valence-electron chi connectivity index (χ2n) is 3.80. The van der Waals surface area contributed by atoms with Gasteiger partial charge in [-0.3, -0.25) is 4.90 Å². The van der Waals surface area contributed by atoms with Crippen molar-refractivity contribution in [2.45, 2.75) is 6.42 Å². The Labute approximate surface area is 99.6 Å². The van der Waals surface area contributed by atoms with Crippen LogP contribution in [0.2, 0.25) is 0 Å². The third-order valence-corrected chi connectivity index (χ3v) is 3.34. The van der Waals surface area contributed by atoms with Crippen molar-refractivity contribution < 1.29 is 4.74 Å². The van der Waals surface area contributed by atoms with Crippen molar-refractivity contribution in [3.05, 3.63) is 6.20 Å². The van der Waals surface area contributed by atoms with Crippen LogP contribution < -0.4 is 11.1 Å². The van der Waals surface area contributed by atoms with Crippen molar-refractivity contribution in [1.82, 2.24) is 9.88 Å². The number of nitrogen functional groups attached to an aromatic ring is 1. The number of ether oxygens (including phenoxy) is 1. The summed E-state index contributed by atoms with van der Waals surface area (Å²) in [5.74, 6) is 0. The van der Waals surface area contributed by atoms with Crippen LogP contribution >= 0.6 is 11.3 Å². The van der Waals surface area contributed by atoms with Crippen LogP contribution in [0.1, 0.15) is 6.42 Å². The molecule has 1 saturated heterocycles. The van der Waals surface area contributed by atoms with Gasteiger partial charge in [-0.2, -0.15) is 0 Å². The average molecular weight is 242 g/mol. The van der Waals surface area contributed by atoms with E-state index in [1.807, 2.05) is 0 Å². The Morgan fingerprint density at radius 2 is 2.31 bits per heavy atom. The number of hydrogen-bond acceptors (Lipinski definition) is 6. The molecule has 0 aromatic carbocycles. The standard InChI is InChI=1S/C10H18N4OS/c11-9-8-13-10(16-9)12-2-1-3-14-4-6-15-7-5-14/h8H,1-7,11H2,(H,12,13). The molecule has 1 aliphatic rings. The van der Waals surface area contributed by atoms with Crippen molar-refractivity contribution >= 4 is 21.5 Å². The minimum Gasteiger partial charge on any atom is -0.389 e. The van der Waals surface area contributed by atoms with Crippen LogP contribution in [0.25, 0.3) is 0 Å². The smallest absolute Gasteiger partial charge is 0.184 e. The van der Waals surface area contributed by atoms with E-state index >= 15 is 0 Å². The van der Waals surface area contributed by atoms with E-state index in [0.717, 1.165) is 55.9 Å². The highest BCUT2D eigenvalue weighted by Gasteiger charge is 2.09. The highest BCUT2D eigenvalue weighted by Crippen LogP contribution is 2.19. The van der Waals surface area contributed by atoms with Crippen molar-refractivity contribution in [1.29, 1.82) is 0 Å². The van der Waals surface area contributed by atoms with Gasteiger partial charge in [-0.15, -0.1) is 0 Å². The molecule has 1 aromatic heterocycles. The third-order valence-electron chi connectivity index (χ3n) is 2.55. The van der Waals surface area contributed by atoms with Gasteiger partial charge >= 0.3 is 0 Å². The molecule has 2 rings (SSSR count). The average Bonchev–Trinajstić information content (AvgIpc) is 2.72. The summed E-state index contributed by atoms with van der Waals surface area (Å²) >= 11 is 1.50. The number of morpholine rings is 1. The Hall–Kier alpha value is -0.850. The molecule has 1 aliphatic heterocycles. The van der Waals surface area contributed by atoms with Gasteiger partial charge in [0.15, 0.2) is 5.13 Å². The van der Waals surface area contributed by atoms with Gasteiger partial charge in [0, 0.05) is 19.6 Å². The summed E-state index contributed by atoms with van der Waals surface area (Å²) in [6, 6.07) is 0. The number of aromatic nitrogens is 1. The molecule has 0 amide bonds. The van der Waals surface area contributed by atoms with Crippen LogP contribution in [0.5, 0.6) is 0 Å². The van der Waals surface area contributed by atoms with E-state index in [9.17, 15) is 0 Å². The molecular weight excluding hydrogens is 224 g/mol. The lowest BCUT2D eigenvalue weighted by Gasteiger charge is -2.26. The van der Waals surface area contributed by atoms with E-state index in [1.165, 1.54) is 11.3 Å². The molecule has 6 heteroatoms. The SMILES string of the molecule is Nc1cnc(NCCCN2CCOCC2)s1. The number of hydrogen-bond donors (Lipinski definition) is 2. The molecule has 0 atom stereocenters. The predicted octanol–water partition coefficient (Wildman–Crippen LogP) is 0.859. The number of nitrogens with zero attached hydrogens (tertiary/aromatic N) is 2.